The summed E-state index contributed by atoms with van der Waals surface area (Å²) in [5.74, 6) is 0.822. The minimum absolute atomic E-state index is 0.822. The molecule has 0 aromatic heterocycles. The lowest BCUT2D eigenvalue weighted by atomic mass is 10.2. The Kier molecular flexibility index (Phi) is 5.81. The molecule has 78 valence electrons. The summed E-state index contributed by atoms with van der Waals surface area (Å²) >= 11 is 5.67. The number of nitrogens with zero attached hydrogens (tertiary/aromatic N) is 1. The fraction of sp³-hybridized carbons (Fsp3) is 1.00. The lowest BCUT2D eigenvalue weighted by molar-refractivity contribution is 0.206. The largest absolute Gasteiger partial charge is 0.301 e. The van der Waals surface area contributed by atoms with Crippen LogP contribution in [0.1, 0.15) is 45.4 Å². The van der Waals surface area contributed by atoms with E-state index in [0.717, 1.165) is 11.9 Å². The van der Waals surface area contributed by atoms with Gasteiger partial charge in [0.1, 0.15) is 0 Å². The van der Waals surface area contributed by atoms with Gasteiger partial charge in [-0.25, -0.2) is 0 Å². The molecule has 1 saturated carbocycles. The number of alkyl halides is 1. The molecule has 0 spiro atoms. The molecular formula is C11H22ClN. The average molecular weight is 204 g/mol. The van der Waals surface area contributed by atoms with Crippen LogP contribution in [0.5, 0.6) is 0 Å². The van der Waals surface area contributed by atoms with E-state index in [1.807, 2.05) is 0 Å². The van der Waals surface area contributed by atoms with E-state index in [1.54, 1.807) is 0 Å². The second-order valence-corrected chi connectivity index (χ2v) is 4.34. The molecule has 0 saturated heterocycles. The fourth-order valence-corrected chi connectivity index (χ4v) is 2.47. The predicted octanol–water partition coefficient (Wildman–Crippen LogP) is 3.27. The minimum atomic E-state index is 0.822. The van der Waals surface area contributed by atoms with Crippen LogP contribution in [-0.2, 0) is 0 Å². The highest BCUT2D eigenvalue weighted by Crippen LogP contribution is 2.23. The first-order valence-electron chi connectivity index (χ1n) is 5.68. The number of rotatable bonds is 6. The molecule has 0 amide bonds. The first-order chi connectivity index (χ1) is 6.38. The summed E-state index contributed by atoms with van der Waals surface area (Å²) in [7, 11) is 0. The summed E-state index contributed by atoms with van der Waals surface area (Å²) < 4.78 is 0. The van der Waals surface area contributed by atoms with Crippen molar-refractivity contribution in [3.05, 3.63) is 0 Å². The minimum Gasteiger partial charge on any atom is -0.301 e. The molecule has 0 aromatic carbocycles. The molecule has 0 heterocycles. The van der Waals surface area contributed by atoms with Crippen LogP contribution in [-0.4, -0.2) is 29.9 Å². The molecule has 0 unspecified atom stereocenters. The molecule has 0 atom stereocenters. The Bertz CT molecular complexity index is 121. The molecule has 0 bridgehead atoms. The quantitative estimate of drug-likeness (QED) is 0.473. The SMILES string of the molecule is CCN(CCCCCl)C1CCCC1. The third kappa shape index (κ3) is 3.86. The fourth-order valence-electron chi connectivity index (χ4n) is 2.28. The van der Waals surface area contributed by atoms with E-state index in [-0.39, 0.29) is 0 Å². The lowest BCUT2D eigenvalue weighted by Gasteiger charge is -2.27. The van der Waals surface area contributed by atoms with Crippen molar-refractivity contribution in [2.24, 2.45) is 0 Å². The van der Waals surface area contributed by atoms with Gasteiger partial charge >= 0.3 is 0 Å². The normalized spacial score (nSPS) is 18.7. The highest BCUT2D eigenvalue weighted by molar-refractivity contribution is 6.17. The Balaban J connectivity index is 2.16. The van der Waals surface area contributed by atoms with Crippen LogP contribution >= 0.6 is 11.6 Å². The summed E-state index contributed by atoms with van der Waals surface area (Å²) in [6.07, 6.45) is 8.18. The van der Waals surface area contributed by atoms with Crippen LogP contribution in [0.3, 0.4) is 0 Å². The highest BCUT2D eigenvalue weighted by atomic mass is 35.5. The van der Waals surface area contributed by atoms with E-state index in [1.165, 1.54) is 51.6 Å². The van der Waals surface area contributed by atoms with Crippen molar-refractivity contribution in [2.45, 2.75) is 51.5 Å². The zero-order chi connectivity index (χ0) is 9.52. The second kappa shape index (κ2) is 6.67. The van der Waals surface area contributed by atoms with Gasteiger partial charge in [-0.2, -0.15) is 0 Å². The average Bonchev–Trinajstić information content (AvgIpc) is 2.65. The van der Waals surface area contributed by atoms with Crippen molar-refractivity contribution < 1.29 is 0 Å². The van der Waals surface area contributed by atoms with Crippen LogP contribution in [0.15, 0.2) is 0 Å². The smallest absolute Gasteiger partial charge is 0.0223 e. The maximum Gasteiger partial charge on any atom is 0.0223 e. The topological polar surface area (TPSA) is 3.24 Å². The number of halogens is 1. The van der Waals surface area contributed by atoms with Crippen molar-refractivity contribution in [3.63, 3.8) is 0 Å². The first kappa shape index (κ1) is 11.3. The third-order valence-corrected chi connectivity index (χ3v) is 3.34. The Morgan fingerprint density at radius 3 is 2.46 bits per heavy atom. The number of hydrogen-bond acceptors (Lipinski definition) is 1. The number of unbranched alkanes of at least 4 members (excludes halogenated alkanes) is 1. The van der Waals surface area contributed by atoms with E-state index in [4.69, 9.17) is 11.6 Å². The molecule has 1 nitrogen and oxygen atoms in total. The Labute approximate surface area is 87.4 Å². The van der Waals surface area contributed by atoms with Gasteiger partial charge in [-0.15, -0.1) is 11.6 Å². The van der Waals surface area contributed by atoms with Crippen molar-refractivity contribution in [2.75, 3.05) is 19.0 Å². The van der Waals surface area contributed by atoms with Crippen molar-refractivity contribution >= 4 is 11.6 Å². The maximum atomic E-state index is 5.67. The molecule has 2 heteroatoms. The van der Waals surface area contributed by atoms with Crippen LogP contribution in [0.4, 0.5) is 0 Å². The second-order valence-electron chi connectivity index (χ2n) is 3.96. The van der Waals surface area contributed by atoms with Crippen LogP contribution in [0.2, 0.25) is 0 Å². The van der Waals surface area contributed by atoms with E-state index in [0.29, 0.717) is 0 Å². The Morgan fingerprint density at radius 1 is 1.23 bits per heavy atom. The monoisotopic (exact) mass is 203 g/mol. The predicted molar refractivity (Wildman–Crippen MR) is 59.5 cm³/mol. The van der Waals surface area contributed by atoms with Crippen LogP contribution in [0, 0.1) is 0 Å². The van der Waals surface area contributed by atoms with Gasteiger partial charge in [-0.1, -0.05) is 19.8 Å². The molecule has 0 aliphatic heterocycles. The maximum absolute atomic E-state index is 5.67. The van der Waals surface area contributed by atoms with Gasteiger partial charge in [-0.05, 0) is 38.8 Å². The van der Waals surface area contributed by atoms with Gasteiger partial charge in [0.05, 0.1) is 0 Å². The molecule has 1 aliphatic rings. The first-order valence-corrected chi connectivity index (χ1v) is 6.22. The molecule has 1 aliphatic carbocycles. The van der Waals surface area contributed by atoms with E-state index < -0.39 is 0 Å². The van der Waals surface area contributed by atoms with Gasteiger partial charge < -0.3 is 4.90 Å². The van der Waals surface area contributed by atoms with E-state index in [9.17, 15) is 0 Å². The van der Waals surface area contributed by atoms with E-state index in [2.05, 4.69) is 11.8 Å². The van der Waals surface area contributed by atoms with Crippen LogP contribution < -0.4 is 0 Å². The Hall–Kier alpha value is 0.250. The van der Waals surface area contributed by atoms with Gasteiger partial charge in [0.2, 0.25) is 0 Å². The van der Waals surface area contributed by atoms with Gasteiger partial charge in [-0.3, -0.25) is 0 Å². The third-order valence-electron chi connectivity index (χ3n) is 3.08. The van der Waals surface area contributed by atoms with E-state index >= 15 is 0 Å². The van der Waals surface area contributed by atoms with Crippen molar-refractivity contribution in [1.82, 2.24) is 4.90 Å². The zero-order valence-corrected chi connectivity index (χ0v) is 9.52. The van der Waals surface area contributed by atoms with Crippen molar-refractivity contribution in [3.8, 4) is 0 Å². The molecular weight excluding hydrogens is 182 g/mol. The summed E-state index contributed by atoms with van der Waals surface area (Å²) in [4.78, 5) is 2.64. The van der Waals surface area contributed by atoms with Gasteiger partial charge in [0.25, 0.3) is 0 Å². The molecule has 1 fully saturated rings. The summed E-state index contributed by atoms with van der Waals surface area (Å²) in [6.45, 7) is 4.75. The van der Waals surface area contributed by atoms with Gasteiger partial charge in [0.15, 0.2) is 0 Å². The lowest BCUT2D eigenvalue weighted by Crippen LogP contribution is -2.33. The molecule has 13 heavy (non-hydrogen) atoms. The highest BCUT2D eigenvalue weighted by Gasteiger charge is 2.20. The number of hydrogen-bond donors (Lipinski definition) is 0. The van der Waals surface area contributed by atoms with Crippen LogP contribution in [0.25, 0.3) is 0 Å². The molecule has 0 N–H and O–H groups in total. The summed E-state index contributed by atoms with van der Waals surface area (Å²) in [6, 6.07) is 0.889. The molecule has 0 radical (unpaired) electrons. The van der Waals surface area contributed by atoms with Crippen molar-refractivity contribution in [1.29, 1.82) is 0 Å². The van der Waals surface area contributed by atoms with Gasteiger partial charge in [0, 0.05) is 11.9 Å². The Morgan fingerprint density at radius 2 is 1.92 bits per heavy atom. The summed E-state index contributed by atoms with van der Waals surface area (Å²) in [5.41, 5.74) is 0. The molecule has 1 rings (SSSR count). The standard InChI is InChI=1S/C11H22ClN/c1-2-13(10-6-5-9-12)11-7-3-4-8-11/h11H,2-10H2,1H3. The zero-order valence-electron chi connectivity index (χ0n) is 8.77. The molecule has 0 aromatic rings. The summed E-state index contributed by atoms with van der Waals surface area (Å²) in [5, 5.41) is 0.